The van der Waals surface area contributed by atoms with Crippen molar-refractivity contribution >= 4 is 5.91 Å². The van der Waals surface area contributed by atoms with Crippen molar-refractivity contribution in [3.63, 3.8) is 0 Å². The van der Waals surface area contributed by atoms with Crippen LogP contribution < -0.4 is 5.32 Å². The molecule has 0 bridgehead atoms. The van der Waals surface area contributed by atoms with Crippen LogP contribution in [0.15, 0.2) is 0 Å². The lowest BCUT2D eigenvalue weighted by Gasteiger charge is -2.40. The molecule has 5 nitrogen and oxygen atoms in total. The number of hydrogen-bond donors (Lipinski definition) is 1. The summed E-state index contributed by atoms with van der Waals surface area (Å²) >= 11 is 0. The summed E-state index contributed by atoms with van der Waals surface area (Å²) in [5.74, 6) is 0.109. The molecule has 2 aliphatic heterocycles. The number of ether oxygens (including phenoxy) is 1. The van der Waals surface area contributed by atoms with Crippen molar-refractivity contribution in [3.8, 4) is 0 Å². The first-order valence-corrected chi connectivity index (χ1v) is 6.79. The van der Waals surface area contributed by atoms with Crippen LogP contribution in [0.25, 0.3) is 0 Å². The Morgan fingerprint density at radius 1 is 1.44 bits per heavy atom. The molecule has 5 heteroatoms. The van der Waals surface area contributed by atoms with Crippen LogP contribution in [0.2, 0.25) is 0 Å². The number of hydrogen-bond acceptors (Lipinski definition) is 4. The average Bonchev–Trinajstić information content (AvgIpc) is 2.33. The van der Waals surface area contributed by atoms with Crippen LogP contribution in [0, 0.1) is 0 Å². The number of nitrogens with one attached hydrogen (secondary N) is 1. The first-order chi connectivity index (χ1) is 8.50. The molecule has 2 saturated heterocycles. The minimum Gasteiger partial charge on any atom is -0.363 e. The van der Waals surface area contributed by atoms with Gasteiger partial charge in [0.05, 0.1) is 5.60 Å². The fraction of sp³-hybridized carbons (Fsp3) is 0.923. The molecule has 0 radical (unpaired) electrons. The quantitative estimate of drug-likeness (QED) is 0.763. The highest BCUT2D eigenvalue weighted by atomic mass is 16.5. The molecule has 1 N–H and O–H groups in total. The number of carbonyl (C=O) groups is 1. The summed E-state index contributed by atoms with van der Waals surface area (Å²) in [6.07, 6.45) is 2.13. The maximum Gasteiger partial charge on any atom is 0.248 e. The van der Waals surface area contributed by atoms with Crippen LogP contribution in [0.4, 0.5) is 0 Å². The molecule has 0 atom stereocenters. The van der Waals surface area contributed by atoms with Crippen LogP contribution in [-0.4, -0.2) is 74.2 Å². The smallest absolute Gasteiger partial charge is 0.248 e. The Kier molecular flexibility index (Phi) is 4.25. The number of piperidine rings is 1. The van der Waals surface area contributed by atoms with Gasteiger partial charge in [0.2, 0.25) is 5.91 Å². The van der Waals surface area contributed by atoms with E-state index in [1.165, 1.54) is 0 Å². The highest BCUT2D eigenvalue weighted by Crippen LogP contribution is 2.17. The van der Waals surface area contributed by atoms with Gasteiger partial charge in [0.15, 0.2) is 0 Å². The molecule has 0 unspecified atom stereocenters. The van der Waals surface area contributed by atoms with Gasteiger partial charge in [0.1, 0.15) is 6.61 Å². The number of likely N-dealkylation sites (N-methyl/N-ethyl adjacent to an activating group) is 1. The van der Waals surface area contributed by atoms with Crippen LogP contribution in [0.5, 0.6) is 0 Å². The molecule has 2 aliphatic rings. The maximum atomic E-state index is 12.1. The van der Waals surface area contributed by atoms with Crippen LogP contribution in [0.1, 0.15) is 19.8 Å². The number of likely N-dealkylation sites (tertiary alicyclic amines) is 1. The van der Waals surface area contributed by atoms with Gasteiger partial charge in [-0.3, -0.25) is 4.79 Å². The third kappa shape index (κ3) is 3.22. The second-order valence-corrected chi connectivity index (χ2v) is 5.88. The Hall–Kier alpha value is -0.650. The largest absolute Gasteiger partial charge is 0.363 e. The molecular weight excluding hydrogens is 230 g/mol. The summed E-state index contributed by atoms with van der Waals surface area (Å²) < 4.78 is 5.70. The zero-order chi connectivity index (χ0) is 13.2. The molecule has 0 aromatic rings. The fourth-order valence-electron chi connectivity index (χ4n) is 2.50. The van der Waals surface area contributed by atoms with Crippen molar-refractivity contribution < 1.29 is 9.53 Å². The van der Waals surface area contributed by atoms with E-state index >= 15 is 0 Å². The third-order valence-electron chi connectivity index (χ3n) is 4.17. The zero-order valence-electron chi connectivity index (χ0n) is 11.7. The van der Waals surface area contributed by atoms with Crippen LogP contribution in [-0.2, 0) is 9.53 Å². The number of amides is 1. The Labute approximate surface area is 109 Å². The van der Waals surface area contributed by atoms with Crippen molar-refractivity contribution in [1.82, 2.24) is 15.1 Å². The minimum atomic E-state index is -0.136. The predicted octanol–water partition coefficient (Wildman–Crippen LogP) is -0.0825. The fourth-order valence-corrected chi connectivity index (χ4v) is 2.50. The van der Waals surface area contributed by atoms with Gasteiger partial charge < -0.3 is 19.9 Å². The lowest BCUT2D eigenvalue weighted by Crippen LogP contribution is -2.60. The minimum absolute atomic E-state index is 0.109. The maximum absolute atomic E-state index is 12.1. The molecule has 0 aromatic carbocycles. The van der Waals surface area contributed by atoms with E-state index in [1.54, 1.807) is 0 Å². The molecule has 104 valence electrons. The molecule has 0 aromatic heterocycles. The average molecular weight is 255 g/mol. The van der Waals surface area contributed by atoms with E-state index in [1.807, 2.05) is 18.9 Å². The van der Waals surface area contributed by atoms with Crippen molar-refractivity contribution in [3.05, 3.63) is 0 Å². The summed E-state index contributed by atoms with van der Waals surface area (Å²) in [6.45, 7) is 6.10. The van der Waals surface area contributed by atoms with E-state index in [0.29, 0.717) is 6.04 Å². The monoisotopic (exact) mass is 255 g/mol. The molecule has 18 heavy (non-hydrogen) atoms. The van der Waals surface area contributed by atoms with Gasteiger partial charge in [-0.1, -0.05) is 0 Å². The Morgan fingerprint density at radius 2 is 2.06 bits per heavy atom. The lowest BCUT2D eigenvalue weighted by atomic mass is 10.0. The normalized spacial score (nSPS) is 24.6. The Morgan fingerprint density at radius 3 is 2.56 bits per heavy atom. The van der Waals surface area contributed by atoms with Crippen molar-refractivity contribution in [2.75, 3.05) is 46.9 Å². The lowest BCUT2D eigenvalue weighted by molar-refractivity contribution is -0.147. The molecule has 1 amide bonds. The first kappa shape index (κ1) is 13.8. The van der Waals surface area contributed by atoms with Crippen LogP contribution >= 0.6 is 0 Å². The van der Waals surface area contributed by atoms with E-state index in [9.17, 15) is 4.79 Å². The highest BCUT2D eigenvalue weighted by Gasteiger charge is 2.34. The summed E-state index contributed by atoms with van der Waals surface area (Å²) in [7, 11) is 4.04. The summed E-state index contributed by atoms with van der Waals surface area (Å²) in [5.41, 5.74) is -0.136. The molecule has 2 rings (SSSR count). The molecule has 2 fully saturated rings. The zero-order valence-corrected chi connectivity index (χ0v) is 11.7. The summed E-state index contributed by atoms with van der Waals surface area (Å²) in [6, 6.07) is 0.379. The summed E-state index contributed by atoms with van der Waals surface area (Å²) in [4.78, 5) is 16.3. The van der Waals surface area contributed by atoms with Gasteiger partial charge >= 0.3 is 0 Å². The molecule has 2 heterocycles. The highest BCUT2D eigenvalue weighted by molar-refractivity contribution is 5.77. The van der Waals surface area contributed by atoms with Gasteiger partial charge in [0.25, 0.3) is 0 Å². The van der Waals surface area contributed by atoms with Crippen LogP contribution in [0.3, 0.4) is 0 Å². The topological polar surface area (TPSA) is 44.8 Å². The van der Waals surface area contributed by atoms with Gasteiger partial charge in [-0.05, 0) is 39.9 Å². The third-order valence-corrected chi connectivity index (χ3v) is 4.17. The SMILES string of the molecule is CN1CCC(N(C)C(=O)COC2(C)CNC2)CC1. The van der Waals surface area contributed by atoms with Gasteiger partial charge in [-0.25, -0.2) is 0 Å². The second kappa shape index (κ2) is 5.55. The predicted molar refractivity (Wildman–Crippen MR) is 70.5 cm³/mol. The standard InChI is InChI=1S/C13H25N3O2/c1-13(9-14-10-13)18-8-12(17)16(3)11-4-6-15(2)7-5-11/h11,14H,4-10H2,1-3H3. The van der Waals surface area contributed by atoms with Gasteiger partial charge in [0, 0.05) is 26.2 Å². The second-order valence-electron chi connectivity index (χ2n) is 5.88. The first-order valence-electron chi connectivity index (χ1n) is 6.79. The molecule has 0 saturated carbocycles. The van der Waals surface area contributed by atoms with Gasteiger partial charge in [-0.2, -0.15) is 0 Å². The van der Waals surface area contributed by atoms with E-state index < -0.39 is 0 Å². The summed E-state index contributed by atoms with van der Waals surface area (Å²) in [5, 5.41) is 3.17. The van der Waals surface area contributed by atoms with E-state index in [-0.39, 0.29) is 18.1 Å². The van der Waals surface area contributed by atoms with E-state index in [4.69, 9.17) is 4.74 Å². The van der Waals surface area contributed by atoms with E-state index in [0.717, 1.165) is 39.0 Å². The molecule has 0 spiro atoms. The Bertz CT molecular complexity index is 297. The Balaban J connectivity index is 1.74. The van der Waals surface area contributed by atoms with Crippen molar-refractivity contribution in [1.29, 1.82) is 0 Å². The number of nitrogens with zero attached hydrogens (tertiary/aromatic N) is 2. The number of rotatable bonds is 4. The van der Waals surface area contributed by atoms with Crippen molar-refractivity contribution in [2.45, 2.75) is 31.4 Å². The molecule has 0 aliphatic carbocycles. The van der Waals surface area contributed by atoms with Gasteiger partial charge in [-0.15, -0.1) is 0 Å². The number of carbonyl (C=O) groups excluding carboxylic acids is 1. The molecular formula is C13H25N3O2. The van der Waals surface area contributed by atoms with E-state index in [2.05, 4.69) is 17.3 Å². The van der Waals surface area contributed by atoms with Crippen molar-refractivity contribution in [2.24, 2.45) is 0 Å².